The predicted octanol–water partition coefficient (Wildman–Crippen LogP) is 3.97. The first-order chi connectivity index (χ1) is 13.9. The molecule has 1 amide bonds. The second-order valence-electron chi connectivity index (χ2n) is 6.02. The number of hydrogen-bond acceptors (Lipinski definition) is 5. The fourth-order valence-corrected chi connectivity index (χ4v) is 2.58. The lowest BCUT2D eigenvalue weighted by atomic mass is 10.1. The predicted molar refractivity (Wildman–Crippen MR) is 103 cm³/mol. The molecule has 0 aliphatic heterocycles. The van der Waals surface area contributed by atoms with Crippen molar-refractivity contribution < 1.29 is 32.6 Å². The molecule has 0 aliphatic carbocycles. The number of halogens is 2. The highest BCUT2D eigenvalue weighted by Gasteiger charge is 2.12. The van der Waals surface area contributed by atoms with Gasteiger partial charge in [-0.15, -0.1) is 0 Å². The van der Waals surface area contributed by atoms with Gasteiger partial charge in [0.1, 0.15) is 5.75 Å². The molecule has 0 atom stereocenters. The number of amides is 1. The molecule has 0 saturated heterocycles. The molecule has 2 aromatic carbocycles. The van der Waals surface area contributed by atoms with Crippen molar-refractivity contribution >= 4 is 11.7 Å². The maximum absolute atomic E-state index is 12.3. The highest BCUT2D eigenvalue weighted by atomic mass is 19.3. The van der Waals surface area contributed by atoms with Crippen molar-refractivity contribution in [3.8, 4) is 17.2 Å². The highest BCUT2D eigenvalue weighted by Crippen LogP contribution is 2.29. The monoisotopic (exact) mass is 407 g/mol. The van der Waals surface area contributed by atoms with Crippen molar-refractivity contribution in [2.45, 2.75) is 32.9 Å². The zero-order valence-electron chi connectivity index (χ0n) is 16.2. The molecule has 0 aromatic heterocycles. The lowest BCUT2D eigenvalue weighted by Gasteiger charge is -2.12. The van der Waals surface area contributed by atoms with Crippen molar-refractivity contribution in [1.82, 2.24) is 5.32 Å². The normalized spacial score (nSPS) is 10.5. The number of ketones is 1. The van der Waals surface area contributed by atoms with Crippen molar-refractivity contribution in [2.24, 2.45) is 0 Å². The summed E-state index contributed by atoms with van der Waals surface area (Å²) in [7, 11) is 1.34. The Balaban J connectivity index is 1.82. The molecular formula is C21H23F2NO5. The third-order valence-corrected chi connectivity index (χ3v) is 4.00. The smallest absolute Gasteiger partial charge is 0.387 e. The molecule has 0 radical (unpaired) electrons. The Kier molecular flexibility index (Phi) is 8.39. The summed E-state index contributed by atoms with van der Waals surface area (Å²) in [5.74, 6) is 0.304. The van der Waals surface area contributed by atoms with E-state index in [0.717, 1.165) is 0 Å². The largest absolute Gasteiger partial charge is 0.494 e. The average Bonchev–Trinajstić information content (AvgIpc) is 2.71. The van der Waals surface area contributed by atoms with Crippen LogP contribution in [0, 0.1) is 0 Å². The van der Waals surface area contributed by atoms with E-state index in [1.165, 1.54) is 19.2 Å². The number of ether oxygens (including phenoxy) is 3. The van der Waals surface area contributed by atoms with Gasteiger partial charge >= 0.3 is 6.61 Å². The number of carbonyl (C=O) groups is 2. The molecular weight excluding hydrogens is 384 g/mol. The summed E-state index contributed by atoms with van der Waals surface area (Å²) in [5.41, 5.74) is 1.16. The molecule has 0 spiro atoms. The van der Waals surface area contributed by atoms with Crippen molar-refractivity contribution in [2.75, 3.05) is 13.7 Å². The van der Waals surface area contributed by atoms with Gasteiger partial charge in [0.05, 0.1) is 13.7 Å². The fraction of sp³-hybridized carbons (Fsp3) is 0.333. The molecule has 0 fully saturated rings. The van der Waals surface area contributed by atoms with Crippen LogP contribution in [0.2, 0.25) is 0 Å². The van der Waals surface area contributed by atoms with E-state index in [1.807, 2.05) is 6.92 Å². The second kappa shape index (κ2) is 11.0. The maximum Gasteiger partial charge on any atom is 0.387 e. The van der Waals surface area contributed by atoms with E-state index in [2.05, 4.69) is 10.1 Å². The molecule has 2 rings (SSSR count). The van der Waals surface area contributed by atoms with Crippen LogP contribution in [0.5, 0.6) is 17.2 Å². The molecule has 1 N–H and O–H groups in total. The van der Waals surface area contributed by atoms with Crippen LogP contribution >= 0.6 is 0 Å². The summed E-state index contributed by atoms with van der Waals surface area (Å²) in [4.78, 5) is 24.2. The van der Waals surface area contributed by atoms with E-state index in [-0.39, 0.29) is 42.6 Å². The van der Waals surface area contributed by atoms with Gasteiger partial charge in [-0.3, -0.25) is 9.59 Å². The molecule has 0 bridgehead atoms. The Morgan fingerprint density at radius 3 is 2.38 bits per heavy atom. The third kappa shape index (κ3) is 7.06. The molecule has 156 valence electrons. The standard InChI is InChI=1S/C21H23F2NO5/c1-3-28-16-7-5-15(6-8-16)17(25)9-11-20(26)24-13-14-4-10-18(29-21(22)23)19(12-14)27-2/h4-8,10,12,21H,3,9,11,13H2,1-2H3,(H,24,26). The van der Waals surface area contributed by atoms with Gasteiger partial charge in [0, 0.05) is 24.9 Å². The molecule has 8 heteroatoms. The fourth-order valence-electron chi connectivity index (χ4n) is 2.58. The summed E-state index contributed by atoms with van der Waals surface area (Å²) in [6.07, 6.45) is 0.111. The highest BCUT2D eigenvalue weighted by molar-refractivity contribution is 5.98. The zero-order valence-corrected chi connectivity index (χ0v) is 16.2. The first kappa shape index (κ1) is 22.1. The van der Waals surface area contributed by atoms with Crippen molar-refractivity contribution in [1.29, 1.82) is 0 Å². The number of rotatable bonds is 11. The number of alkyl halides is 2. The van der Waals surface area contributed by atoms with Crippen molar-refractivity contribution in [3.63, 3.8) is 0 Å². The quantitative estimate of drug-likeness (QED) is 0.571. The third-order valence-electron chi connectivity index (χ3n) is 4.00. The van der Waals surface area contributed by atoms with E-state index >= 15 is 0 Å². The first-order valence-corrected chi connectivity index (χ1v) is 9.07. The number of hydrogen-bond donors (Lipinski definition) is 1. The van der Waals surface area contributed by atoms with Gasteiger partial charge in [-0.25, -0.2) is 0 Å². The minimum Gasteiger partial charge on any atom is -0.494 e. The van der Waals surface area contributed by atoms with Crippen LogP contribution in [0.1, 0.15) is 35.7 Å². The average molecular weight is 407 g/mol. The van der Waals surface area contributed by atoms with Gasteiger partial charge < -0.3 is 19.5 Å². The number of Topliss-reactive ketones (excluding diaryl/α,β-unsaturated/α-hetero) is 1. The summed E-state index contributed by atoms with van der Waals surface area (Å²) in [5, 5.41) is 2.69. The minimum absolute atomic E-state index is 0.0375. The van der Waals surface area contributed by atoms with Crippen LogP contribution in [0.4, 0.5) is 8.78 Å². The van der Waals surface area contributed by atoms with Gasteiger partial charge in [0.15, 0.2) is 17.3 Å². The molecule has 2 aromatic rings. The second-order valence-corrected chi connectivity index (χ2v) is 6.02. The molecule has 0 aliphatic rings. The topological polar surface area (TPSA) is 73.9 Å². The lowest BCUT2D eigenvalue weighted by molar-refractivity contribution is -0.121. The number of methoxy groups -OCH3 is 1. The van der Waals surface area contributed by atoms with Gasteiger partial charge in [0.25, 0.3) is 0 Å². The van der Waals surface area contributed by atoms with E-state index in [4.69, 9.17) is 9.47 Å². The molecule has 0 saturated carbocycles. The van der Waals surface area contributed by atoms with E-state index in [9.17, 15) is 18.4 Å². The summed E-state index contributed by atoms with van der Waals surface area (Å²) in [6.45, 7) is -0.371. The Labute approximate surface area is 167 Å². The summed E-state index contributed by atoms with van der Waals surface area (Å²) < 4.78 is 39.4. The van der Waals surface area contributed by atoms with Gasteiger partial charge in [-0.1, -0.05) is 6.07 Å². The van der Waals surface area contributed by atoms with E-state index in [0.29, 0.717) is 23.5 Å². The maximum atomic E-state index is 12.3. The first-order valence-electron chi connectivity index (χ1n) is 9.07. The van der Waals surface area contributed by atoms with Crippen LogP contribution in [-0.4, -0.2) is 32.0 Å². The van der Waals surface area contributed by atoms with Crippen LogP contribution in [0.15, 0.2) is 42.5 Å². The molecule has 0 unspecified atom stereocenters. The SMILES string of the molecule is CCOc1ccc(C(=O)CCC(=O)NCc2ccc(OC(F)F)c(OC)c2)cc1. The Hall–Kier alpha value is -3.16. The molecule has 0 heterocycles. The van der Waals surface area contributed by atoms with Crippen LogP contribution in [0.25, 0.3) is 0 Å². The zero-order chi connectivity index (χ0) is 21.2. The van der Waals surface area contributed by atoms with Crippen LogP contribution < -0.4 is 19.5 Å². The van der Waals surface area contributed by atoms with Crippen LogP contribution in [-0.2, 0) is 11.3 Å². The summed E-state index contributed by atoms with van der Waals surface area (Å²) in [6, 6.07) is 11.2. The van der Waals surface area contributed by atoms with E-state index < -0.39 is 6.61 Å². The Morgan fingerprint density at radius 1 is 1.03 bits per heavy atom. The van der Waals surface area contributed by atoms with Crippen LogP contribution in [0.3, 0.4) is 0 Å². The number of benzene rings is 2. The van der Waals surface area contributed by atoms with Crippen molar-refractivity contribution in [3.05, 3.63) is 53.6 Å². The van der Waals surface area contributed by atoms with Gasteiger partial charge in [-0.05, 0) is 48.9 Å². The molecule has 29 heavy (non-hydrogen) atoms. The van der Waals surface area contributed by atoms with Gasteiger partial charge in [0.2, 0.25) is 5.91 Å². The lowest BCUT2D eigenvalue weighted by Crippen LogP contribution is -2.23. The number of carbonyl (C=O) groups excluding carboxylic acids is 2. The van der Waals surface area contributed by atoms with Gasteiger partial charge in [-0.2, -0.15) is 8.78 Å². The molecule has 6 nitrogen and oxygen atoms in total. The Bertz CT molecular complexity index is 824. The summed E-state index contributed by atoms with van der Waals surface area (Å²) >= 11 is 0. The number of nitrogens with one attached hydrogen (secondary N) is 1. The van der Waals surface area contributed by atoms with E-state index in [1.54, 1.807) is 30.3 Å². The Morgan fingerprint density at radius 2 is 1.76 bits per heavy atom. The minimum atomic E-state index is -2.96.